The molecule has 0 unspecified atom stereocenters. The predicted molar refractivity (Wildman–Crippen MR) is 119 cm³/mol. The smallest absolute Gasteiger partial charge is 0.162 e. The molecule has 0 aliphatic rings. The van der Waals surface area contributed by atoms with Gasteiger partial charge in [-0.3, -0.25) is 0 Å². The Morgan fingerprint density at radius 2 is 1.21 bits per heavy atom. The third-order valence-corrected chi connectivity index (χ3v) is 4.96. The van der Waals surface area contributed by atoms with Gasteiger partial charge in [0.25, 0.3) is 0 Å². The second-order valence-corrected chi connectivity index (χ2v) is 7.41. The van der Waals surface area contributed by atoms with Gasteiger partial charge in [0.15, 0.2) is 11.5 Å². The van der Waals surface area contributed by atoms with Gasteiger partial charge in [-0.25, -0.2) is 0 Å². The number of ether oxygens (including phenoxy) is 4. The standard InChI is InChI=1S/C24H25BrO4/c1-26-21-7-3-5-18(15-21)11-13-28-23-10-9-20(25)17-24(23)29-14-12-19-6-4-8-22(16-19)27-2/h3-10,15-17H,11-14H2,1-2H3. The van der Waals surface area contributed by atoms with Crippen molar-refractivity contribution < 1.29 is 18.9 Å². The predicted octanol–water partition coefficient (Wildman–Crippen LogP) is 5.71. The Morgan fingerprint density at radius 3 is 1.76 bits per heavy atom. The quantitative estimate of drug-likeness (QED) is 0.391. The van der Waals surface area contributed by atoms with Gasteiger partial charge >= 0.3 is 0 Å². The Morgan fingerprint density at radius 1 is 0.655 bits per heavy atom. The Balaban J connectivity index is 1.57. The monoisotopic (exact) mass is 456 g/mol. The van der Waals surface area contributed by atoms with E-state index in [1.807, 2.05) is 54.6 Å². The molecule has 3 aromatic carbocycles. The maximum absolute atomic E-state index is 6.02. The van der Waals surface area contributed by atoms with Crippen LogP contribution >= 0.6 is 15.9 Å². The molecule has 29 heavy (non-hydrogen) atoms. The van der Waals surface area contributed by atoms with Crippen LogP contribution in [-0.2, 0) is 12.8 Å². The van der Waals surface area contributed by atoms with Crippen molar-refractivity contribution in [3.05, 3.63) is 82.3 Å². The summed E-state index contributed by atoms with van der Waals surface area (Å²) in [5.41, 5.74) is 2.33. The van der Waals surface area contributed by atoms with E-state index in [1.54, 1.807) is 14.2 Å². The number of benzene rings is 3. The molecule has 5 heteroatoms. The van der Waals surface area contributed by atoms with E-state index in [9.17, 15) is 0 Å². The number of halogens is 1. The molecule has 0 saturated carbocycles. The van der Waals surface area contributed by atoms with Crippen LogP contribution in [0.5, 0.6) is 23.0 Å². The van der Waals surface area contributed by atoms with E-state index in [1.165, 1.54) is 11.1 Å². The van der Waals surface area contributed by atoms with Crippen LogP contribution in [0.3, 0.4) is 0 Å². The van der Waals surface area contributed by atoms with Crippen molar-refractivity contribution in [3.8, 4) is 23.0 Å². The summed E-state index contributed by atoms with van der Waals surface area (Å²) in [5.74, 6) is 3.17. The van der Waals surface area contributed by atoms with Crippen LogP contribution in [-0.4, -0.2) is 27.4 Å². The van der Waals surface area contributed by atoms with Gasteiger partial charge in [0.2, 0.25) is 0 Å². The summed E-state index contributed by atoms with van der Waals surface area (Å²) in [6.07, 6.45) is 1.57. The molecule has 0 amide bonds. The van der Waals surface area contributed by atoms with E-state index in [-0.39, 0.29) is 0 Å². The van der Waals surface area contributed by atoms with Gasteiger partial charge in [0.05, 0.1) is 27.4 Å². The van der Waals surface area contributed by atoms with E-state index in [0.29, 0.717) is 13.2 Å². The first-order chi connectivity index (χ1) is 14.2. The highest BCUT2D eigenvalue weighted by atomic mass is 79.9. The summed E-state index contributed by atoms with van der Waals surface area (Å²) in [4.78, 5) is 0. The average molecular weight is 457 g/mol. The minimum absolute atomic E-state index is 0.551. The first kappa shape index (κ1) is 21.1. The van der Waals surface area contributed by atoms with Crippen molar-refractivity contribution >= 4 is 15.9 Å². The maximum Gasteiger partial charge on any atom is 0.162 e. The van der Waals surface area contributed by atoms with Gasteiger partial charge in [0, 0.05) is 17.3 Å². The first-order valence-electron chi connectivity index (χ1n) is 9.49. The van der Waals surface area contributed by atoms with Gasteiger partial charge in [-0.1, -0.05) is 40.2 Å². The molecule has 0 aliphatic carbocycles. The van der Waals surface area contributed by atoms with Gasteiger partial charge in [-0.05, 0) is 53.6 Å². The summed E-state index contributed by atoms with van der Waals surface area (Å²) in [6, 6.07) is 21.9. The summed E-state index contributed by atoms with van der Waals surface area (Å²) in [5, 5.41) is 0. The second kappa shape index (κ2) is 10.8. The summed E-state index contributed by atoms with van der Waals surface area (Å²) in [7, 11) is 3.35. The molecule has 0 heterocycles. The van der Waals surface area contributed by atoms with Crippen molar-refractivity contribution in [2.75, 3.05) is 27.4 Å². The molecule has 0 bridgehead atoms. The molecule has 0 aromatic heterocycles. The van der Waals surface area contributed by atoms with Crippen LogP contribution < -0.4 is 18.9 Å². The molecule has 0 aliphatic heterocycles. The lowest BCUT2D eigenvalue weighted by atomic mass is 10.1. The zero-order valence-electron chi connectivity index (χ0n) is 16.7. The summed E-state index contributed by atoms with van der Waals surface area (Å²) in [6.45, 7) is 1.11. The van der Waals surface area contributed by atoms with E-state index >= 15 is 0 Å². The van der Waals surface area contributed by atoms with Crippen molar-refractivity contribution in [1.29, 1.82) is 0 Å². The Hall–Kier alpha value is -2.66. The van der Waals surface area contributed by atoms with Gasteiger partial charge < -0.3 is 18.9 Å². The molecule has 3 aromatic rings. The molecule has 0 atom stereocenters. The number of hydrogen-bond donors (Lipinski definition) is 0. The molecular weight excluding hydrogens is 432 g/mol. The largest absolute Gasteiger partial charge is 0.497 e. The van der Waals surface area contributed by atoms with Crippen LogP contribution in [0.25, 0.3) is 0 Å². The fraction of sp³-hybridized carbons (Fsp3) is 0.250. The Bertz CT molecular complexity index is 926. The normalized spacial score (nSPS) is 10.4. The molecule has 0 spiro atoms. The minimum atomic E-state index is 0.551. The Kier molecular flexibility index (Phi) is 7.82. The number of methoxy groups -OCH3 is 2. The van der Waals surface area contributed by atoms with Crippen molar-refractivity contribution in [2.24, 2.45) is 0 Å². The minimum Gasteiger partial charge on any atom is -0.497 e. The third-order valence-electron chi connectivity index (χ3n) is 4.47. The highest BCUT2D eigenvalue weighted by Crippen LogP contribution is 2.31. The van der Waals surface area contributed by atoms with Crippen molar-refractivity contribution in [3.63, 3.8) is 0 Å². The average Bonchev–Trinajstić information content (AvgIpc) is 2.75. The van der Waals surface area contributed by atoms with Gasteiger partial charge in [-0.15, -0.1) is 0 Å². The highest BCUT2D eigenvalue weighted by molar-refractivity contribution is 9.10. The maximum atomic E-state index is 6.02. The fourth-order valence-electron chi connectivity index (χ4n) is 2.93. The molecular formula is C24H25BrO4. The molecule has 0 saturated heterocycles. The zero-order chi connectivity index (χ0) is 20.5. The van der Waals surface area contributed by atoms with E-state index in [0.717, 1.165) is 40.3 Å². The first-order valence-corrected chi connectivity index (χ1v) is 10.3. The molecule has 0 radical (unpaired) electrons. The van der Waals surface area contributed by atoms with Crippen molar-refractivity contribution in [1.82, 2.24) is 0 Å². The summed E-state index contributed by atoms with van der Waals surface area (Å²) < 4.78 is 23.5. The van der Waals surface area contributed by atoms with Crippen LogP contribution in [0.1, 0.15) is 11.1 Å². The Labute approximate surface area is 180 Å². The van der Waals surface area contributed by atoms with Crippen molar-refractivity contribution in [2.45, 2.75) is 12.8 Å². The number of hydrogen-bond acceptors (Lipinski definition) is 4. The zero-order valence-corrected chi connectivity index (χ0v) is 18.3. The van der Waals surface area contributed by atoms with Crippen LogP contribution in [0.4, 0.5) is 0 Å². The van der Waals surface area contributed by atoms with E-state index < -0.39 is 0 Å². The highest BCUT2D eigenvalue weighted by Gasteiger charge is 2.07. The second-order valence-electron chi connectivity index (χ2n) is 6.49. The van der Waals surface area contributed by atoms with E-state index in [4.69, 9.17) is 18.9 Å². The van der Waals surface area contributed by atoms with Crippen LogP contribution in [0.15, 0.2) is 71.2 Å². The molecule has 152 valence electrons. The molecule has 3 rings (SSSR count). The SMILES string of the molecule is COc1cccc(CCOc2ccc(Br)cc2OCCc2cccc(OC)c2)c1. The van der Waals surface area contributed by atoms with Crippen LogP contribution in [0.2, 0.25) is 0 Å². The van der Waals surface area contributed by atoms with Gasteiger partial charge in [0.1, 0.15) is 11.5 Å². The van der Waals surface area contributed by atoms with Crippen LogP contribution in [0, 0.1) is 0 Å². The molecule has 4 nitrogen and oxygen atoms in total. The lowest BCUT2D eigenvalue weighted by Gasteiger charge is -2.14. The van der Waals surface area contributed by atoms with Gasteiger partial charge in [-0.2, -0.15) is 0 Å². The fourth-order valence-corrected chi connectivity index (χ4v) is 3.27. The topological polar surface area (TPSA) is 36.9 Å². The molecule has 0 N–H and O–H groups in total. The third kappa shape index (κ3) is 6.43. The molecule has 0 fully saturated rings. The summed E-state index contributed by atoms with van der Waals surface area (Å²) >= 11 is 3.51. The number of rotatable bonds is 10. The van der Waals surface area contributed by atoms with E-state index in [2.05, 4.69) is 28.1 Å². The lowest BCUT2D eigenvalue weighted by molar-refractivity contribution is 0.272. The lowest BCUT2D eigenvalue weighted by Crippen LogP contribution is -2.06.